The summed E-state index contributed by atoms with van der Waals surface area (Å²) in [5.74, 6) is 5.88. The Morgan fingerprint density at radius 2 is 1.42 bits per heavy atom. The number of hydrogen-bond acceptors (Lipinski definition) is 0. The topological polar surface area (TPSA) is 0 Å². The van der Waals surface area contributed by atoms with Gasteiger partial charge in [-0.15, -0.1) is 6.58 Å². The van der Waals surface area contributed by atoms with Gasteiger partial charge in [0, 0.05) is 11.1 Å². The van der Waals surface area contributed by atoms with Gasteiger partial charge >= 0.3 is 0 Å². The van der Waals surface area contributed by atoms with Crippen LogP contribution in [0.1, 0.15) is 19.8 Å². The number of rotatable bonds is 7. The fraction of sp³-hybridized carbons (Fsp3) is 0.158. The average molecular weight is 250 g/mol. The van der Waals surface area contributed by atoms with Crippen molar-refractivity contribution in [1.82, 2.24) is 0 Å². The third-order valence-electron chi connectivity index (χ3n) is 2.14. The summed E-state index contributed by atoms with van der Waals surface area (Å²) >= 11 is 0. The molecule has 0 heteroatoms. The molecule has 0 nitrogen and oxygen atoms in total. The van der Waals surface area contributed by atoms with Crippen LogP contribution >= 0.6 is 0 Å². The van der Waals surface area contributed by atoms with Gasteiger partial charge in [0.05, 0.1) is 0 Å². The van der Waals surface area contributed by atoms with Gasteiger partial charge in [0.1, 0.15) is 0 Å². The molecule has 98 valence electrons. The van der Waals surface area contributed by atoms with E-state index < -0.39 is 0 Å². The molecule has 0 rings (SSSR count). The summed E-state index contributed by atoms with van der Waals surface area (Å²) in [4.78, 5) is 0. The second-order valence-corrected chi connectivity index (χ2v) is 4.30. The zero-order valence-electron chi connectivity index (χ0n) is 11.8. The Morgan fingerprint density at radius 3 is 1.89 bits per heavy atom. The molecular weight excluding hydrogens is 228 g/mol. The van der Waals surface area contributed by atoms with E-state index in [4.69, 9.17) is 0 Å². The third-order valence-corrected chi connectivity index (χ3v) is 2.14. The molecule has 0 fully saturated rings. The highest BCUT2D eigenvalue weighted by Crippen LogP contribution is 2.06. The molecule has 0 radical (unpaired) electrons. The van der Waals surface area contributed by atoms with E-state index in [2.05, 4.69) is 44.7 Å². The Kier molecular flexibility index (Phi) is 8.58. The van der Waals surface area contributed by atoms with Crippen molar-refractivity contribution >= 4 is 0 Å². The molecule has 0 aromatic heterocycles. The average Bonchev–Trinajstić information content (AvgIpc) is 2.37. The molecule has 0 aliphatic rings. The normalized spacial score (nSPS) is 9.95. The van der Waals surface area contributed by atoms with E-state index in [9.17, 15) is 0 Å². The minimum Gasteiger partial charge on any atom is -0.103 e. The van der Waals surface area contributed by atoms with Gasteiger partial charge in [-0.1, -0.05) is 67.5 Å². The molecule has 0 spiro atoms. The van der Waals surface area contributed by atoms with Crippen LogP contribution in [0.4, 0.5) is 0 Å². The summed E-state index contributed by atoms with van der Waals surface area (Å²) in [5, 5.41) is 0. The first kappa shape index (κ1) is 16.7. The molecule has 19 heavy (non-hydrogen) atoms. The van der Waals surface area contributed by atoms with Crippen molar-refractivity contribution in [2.45, 2.75) is 19.8 Å². The van der Waals surface area contributed by atoms with Crippen molar-refractivity contribution in [3.8, 4) is 11.8 Å². The van der Waals surface area contributed by atoms with E-state index in [0.29, 0.717) is 0 Å². The maximum atomic E-state index is 3.95. The number of allylic oxidation sites excluding steroid dienone is 9. The number of hydrogen-bond donors (Lipinski definition) is 0. The van der Waals surface area contributed by atoms with E-state index in [0.717, 1.165) is 35.1 Å². The maximum Gasteiger partial charge on any atom is 0.0177 e. The highest BCUT2D eigenvalue weighted by atomic mass is 13.9. The van der Waals surface area contributed by atoms with Gasteiger partial charge in [0.25, 0.3) is 0 Å². The molecule has 0 aromatic carbocycles. The van der Waals surface area contributed by atoms with Crippen molar-refractivity contribution in [1.29, 1.82) is 0 Å². The van der Waals surface area contributed by atoms with E-state index in [1.807, 2.05) is 37.3 Å². The lowest BCUT2D eigenvalue weighted by Gasteiger charge is -1.94. The SMILES string of the molecule is C=CCCC(=C)/C=C\C(=C)C#CC(=C)/C=C\C(=C)C. The molecule has 0 N–H and O–H groups in total. The van der Waals surface area contributed by atoms with Gasteiger partial charge in [0.15, 0.2) is 0 Å². The van der Waals surface area contributed by atoms with E-state index in [-0.39, 0.29) is 0 Å². The van der Waals surface area contributed by atoms with E-state index >= 15 is 0 Å². The highest BCUT2D eigenvalue weighted by molar-refractivity contribution is 5.46. The fourth-order valence-electron chi connectivity index (χ4n) is 1.08. The molecule has 0 amide bonds. The monoisotopic (exact) mass is 250 g/mol. The lowest BCUT2D eigenvalue weighted by atomic mass is 10.1. The first-order valence-electron chi connectivity index (χ1n) is 6.16. The lowest BCUT2D eigenvalue weighted by Crippen LogP contribution is -1.76. The van der Waals surface area contributed by atoms with Crippen LogP contribution in [0, 0.1) is 11.8 Å². The predicted octanol–water partition coefficient (Wildman–Crippen LogP) is 5.31. The van der Waals surface area contributed by atoms with Gasteiger partial charge in [-0.2, -0.15) is 0 Å². The Balaban J connectivity index is 4.36. The van der Waals surface area contributed by atoms with E-state index in [1.165, 1.54) is 0 Å². The second kappa shape index (κ2) is 9.74. The summed E-state index contributed by atoms with van der Waals surface area (Å²) in [6, 6.07) is 0. The highest BCUT2D eigenvalue weighted by Gasteiger charge is 1.87. The summed E-state index contributed by atoms with van der Waals surface area (Å²) in [6.07, 6.45) is 11.3. The minimum atomic E-state index is 0.739. The van der Waals surface area contributed by atoms with Crippen LogP contribution in [0.5, 0.6) is 0 Å². The zero-order chi connectivity index (χ0) is 14.7. The second-order valence-electron chi connectivity index (χ2n) is 4.30. The fourth-order valence-corrected chi connectivity index (χ4v) is 1.08. The van der Waals surface area contributed by atoms with Crippen LogP contribution in [-0.2, 0) is 0 Å². The van der Waals surface area contributed by atoms with Gasteiger partial charge in [-0.25, -0.2) is 0 Å². The van der Waals surface area contributed by atoms with Crippen molar-refractivity contribution in [3.05, 3.63) is 85.6 Å². The van der Waals surface area contributed by atoms with Gasteiger partial charge in [-0.05, 0) is 31.9 Å². The van der Waals surface area contributed by atoms with Crippen molar-refractivity contribution in [3.63, 3.8) is 0 Å². The standard InChI is InChI=1S/C19H22/c1-7-8-9-17(4)12-13-19(6)15-14-18(5)11-10-16(2)3/h7,10-13H,1-2,4-6,8-9H2,3H3/b11-10-,13-12-. The van der Waals surface area contributed by atoms with E-state index in [1.54, 1.807) is 0 Å². The largest absolute Gasteiger partial charge is 0.103 e. The van der Waals surface area contributed by atoms with Gasteiger partial charge < -0.3 is 0 Å². The van der Waals surface area contributed by atoms with Crippen LogP contribution in [-0.4, -0.2) is 0 Å². The minimum absolute atomic E-state index is 0.739. The quantitative estimate of drug-likeness (QED) is 0.326. The zero-order valence-corrected chi connectivity index (χ0v) is 11.8. The van der Waals surface area contributed by atoms with Crippen LogP contribution in [0.2, 0.25) is 0 Å². The first-order chi connectivity index (χ1) is 8.95. The molecule has 0 saturated carbocycles. The van der Waals surface area contributed by atoms with Gasteiger partial charge in [0.2, 0.25) is 0 Å². The molecule has 0 saturated heterocycles. The lowest BCUT2D eigenvalue weighted by molar-refractivity contribution is 1.02. The molecule has 0 aromatic rings. The Bertz CT molecular complexity index is 496. The maximum absolute atomic E-state index is 3.95. The summed E-state index contributed by atoms with van der Waals surface area (Å²) in [5.41, 5.74) is 3.50. The Labute approximate surface area is 117 Å². The first-order valence-corrected chi connectivity index (χ1v) is 6.16. The van der Waals surface area contributed by atoms with Crippen molar-refractivity contribution in [2.75, 3.05) is 0 Å². The van der Waals surface area contributed by atoms with Gasteiger partial charge in [-0.3, -0.25) is 0 Å². The summed E-state index contributed by atoms with van der Waals surface area (Å²) < 4.78 is 0. The smallest absolute Gasteiger partial charge is 0.0177 e. The van der Waals surface area contributed by atoms with Crippen LogP contribution < -0.4 is 0 Å². The van der Waals surface area contributed by atoms with Crippen LogP contribution in [0.25, 0.3) is 0 Å². The molecule has 0 aliphatic carbocycles. The molecule has 0 aliphatic heterocycles. The molecule has 0 atom stereocenters. The predicted molar refractivity (Wildman–Crippen MR) is 87.7 cm³/mol. The van der Waals surface area contributed by atoms with Crippen LogP contribution in [0.15, 0.2) is 85.6 Å². The Hall–Kier alpha value is -2.26. The molecule has 0 unspecified atom stereocenters. The molecule has 0 heterocycles. The molecule has 0 bridgehead atoms. The summed E-state index contributed by atoms with van der Waals surface area (Å²) in [7, 11) is 0. The van der Waals surface area contributed by atoms with Crippen molar-refractivity contribution in [2.24, 2.45) is 0 Å². The molecular formula is C19H22. The van der Waals surface area contributed by atoms with Crippen LogP contribution in [0.3, 0.4) is 0 Å². The van der Waals surface area contributed by atoms with Crippen molar-refractivity contribution < 1.29 is 0 Å². The third kappa shape index (κ3) is 10.6. The summed E-state index contributed by atoms with van der Waals surface area (Å²) in [6.45, 7) is 21.0. The Morgan fingerprint density at radius 1 is 0.895 bits per heavy atom.